The number of piperidine rings is 1. The molecular formula is C20H28NOSi+. The largest absolute Gasteiger partial charge is 0.424 e. The molecule has 0 amide bonds. The Bertz CT molecular complexity index is 569. The maximum absolute atomic E-state index is 11.7. The summed E-state index contributed by atoms with van der Waals surface area (Å²) in [6.45, 7) is 3.59. The van der Waals surface area contributed by atoms with Crippen LogP contribution >= 0.6 is 0 Å². The van der Waals surface area contributed by atoms with E-state index >= 15 is 0 Å². The van der Waals surface area contributed by atoms with E-state index in [1.807, 2.05) is 36.4 Å². The third-order valence-electron chi connectivity index (χ3n) is 5.41. The fourth-order valence-electron chi connectivity index (χ4n) is 3.81. The summed E-state index contributed by atoms with van der Waals surface area (Å²) in [5.41, 5.74) is 0. The molecule has 0 unspecified atom stereocenters. The van der Waals surface area contributed by atoms with Crippen LogP contribution in [0.4, 0.5) is 0 Å². The topological polar surface area (TPSA) is 20.2 Å². The first-order valence-electron chi connectivity index (χ1n) is 8.79. The molecule has 122 valence electrons. The highest BCUT2D eigenvalue weighted by Gasteiger charge is 2.38. The highest BCUT2D eigenvalue weighted by Crippen LogP contribution is 2.19. The van der Waals surface area contributed by atoms with Crippen molar-refractivity contribution in [3.05, 3.63) is 60.7 Å². The van der Waals surface area contributed by atoms with Gasteiger partial charge >= 0.3 is 0 Å². The van der Waals surface area contributed by atoms with Crippen molar-refractivity contribution in [1.29, 1.82) is 0 Å². The van der Waals surface area contributed by atoms with Crippen molar-refractivity contribution < 1.29 is 9.28 Å². The zero-order valence-corrected chi connectivity index (χ0v) is 15.1. The summed E-state index contributed by atoms with van der Waals surface area (Å²) in [6, 6.07) is 21.6. The normalized spacial score (nSPS) is 17.8. The van der Waals surface area contributed by atoms with Crippen LogP contribution in [0.3, 0.4) is 0 Å². The second-order valence-electron chi connectivity index (χ2n) is 7.19. The zero-order chi connectivity index (χ0) is 16.2. The lowest BCUT2D eigenvalue weighted by atomic mass is 10.1. The number of rotatable bonds is 5. The van der Waals surface area contributed by atoms with Gasteiger partial charge in [-0.15, -0.1) is 0 Å². The minimum atomic E-state index is -2.65. The Balaban J connectivity index is 1.87. The molecule has 2 nitrogen and oxygen atoms in total. The molecule has 1 saturated heterocycles. The number of hydrogen-bond donors (Lipinski definition) is 1. The SMILES string of the molecule is C[N+]1(CC[Si](O)(c2ccccc2)c2ccccc2)CCCCC1. The maximum Gasteiger partial charge on any atom is 0.258 e. The van der Waals surface area contributed by atoms with E-state index in [9.17, 15) is 4.80 Å². The first-order chi connectivity index (χ1) is 11.1. The quantitative estimate of drug-likeness (QED) is 0.661. The van der Waals surface area contributed by atoms with Crippen LogP contribution in [0.25, 0.3) is 0 Å². The number of likely N-dealkylation sites (tertiary alicyclic amines) is 1. The molecule has 23 heavy (non-hydrogen) atoms. The van der Waals surface area contributed by atoms with E-state index in [0.717, 1.165) is 27.4 Å². The van der Waals surface area contributed by atoms with Crippen LogP contribution in [0.5, 0.6) is 0 Å². The molecule has 0 spiro atoms. The number of nitrogens with zero attached hydrogens (tertiary/aromatic N) is 1. The van der Waals surface area contributed by atoms with E-state index < -0.39 is 8.32 Å². The van der Waals surface area contributed by atoms with E-state index in [1.165, 1.54) is 32.4 Å². The average molecular weight is 327 g/mol. The van der Waals surface area contributed by atoms with Gasteiger partial charge in [0.2, 0.25) is 0 Å². The van der Waals surface area contributed by atoms with Crippen molar-refractivity contribution in [1.82, 2.24) is 0 Å². The first kappa shape index (κ1) is 16.4. The van der Waals surface area contributed by atoms with E-state index in [4.69, 9.17) is 0 Å². The smallest absolute Gasteiger partial charge is 0.258 e. The Hall–Kier alpha value is -1.42. The third kappa shape index (κ3) is 3.74. The van der Waals surface area contributed by atoms with Gasteiger partial charge in [-0.05, 0) is 29.6 Å². The minimum absolute atomic E-state index is 0.900. The van der Waals surface area contributed by atoms with Gasteiger partial charge in [0.25, 0.3) is 8.32 Å². The summed E-state index contributed by atoms with van der Waals surface area (Å²) in [4.78, 5) is 11.7. The van der Waals surface area contributed by atoms with E-state index in [-0.39, 0.29) is 0 Å². The minimum Gasteiger partial charge on any atom is -0.424 e. The Morgan fingerprint density at radius 3 is 1.78 bits per heavy atom. The van der Waals surface area contributed by atoms with Crippen molar-refractivity contribution >= 4 is 18.7 Å². The van der Waals surface area contributed by atoms with Gasteiger partial charge in [-0.25, -0.2) is 0 Å². The highest BCUT2D eigenvalue weighted by atomic mass is 28.4. The van der Waals surface area contributed by atoms with Gasteiger partial charge in [0.05, 0.1) is 26.7 Å². The molecule has 1 aliphatic rings. The van der Waals surface area contributed by atoms with E-state index in [1.54, 1.807) is 0 Å². The summed E-state index contributed by atoms with van der Waals surface area (Å²) in [5.74, 6) is 0. The van der Waals surface area contributed by atoms with Crippen molar-refractivity contribution in [2.75, 3.05) is 26.7 Å². The van der Waals surface area contributed by atoms with Gasteiger partial charge in [0.1, 0.15) is 0 Å². The molecule has 1 fully saturated rings. The predicted octanol–water partition coefficient (Wildman–Crippen LogP) is 2.37. The highest BCUT2D eigenvalue weighted by molar-refractivity contribution is 6.96. The third-order valence-corrected chi connectivity index (χ3v) is 8.94. The first-order valence-corrected chi connectivity index (χ1v) is 10.9. The van der Waals surface area contributed by atoms with Gasteiger partial charge in [-0.1, -0.05) is 60.7 Å². The molecular weight excluding hydrogens is 298 g/mol. The molecule has 1 heterocycles. The molecule has 0 radical (unpaired) electrons. The lowest BCUT2D eigenvalue weighted by molar-refractivity contribution is -0.912. The molecule has 2 aromatic carbocycles. The van der Waals surface area contributed by atoms with Crippen LogP contribution in [0.1, 0.15) is 19.3 Å². The lowest BCUT2D eigenvalue weighted by Gasteiger charge is -2.40. The Morgan fingerprint density at radius 1 is 0.826 bits per heavy atom. The van der Waals surface area contributed by atoms with Crippen LogP contribution < -0.4 is 10.4 Å². The molecule has 0 atom stereocenters. The van der Waals surface area contributed by atoms with Crippen LogP contribution in [0.15, 0.2) is 60.7 Å². The van der Waals surface area contributed by atoms with Gasteiger partial charge in [0, 0.05) is 6.04 Å². The number of quaternary nitrogens is 1. The second-order valence-corrected chi connectivity index (χ2v) is 10.6. The van der Waals surface area contributed by atoms with Crippen LogP contribution in [-0.4, -0.2) is 44.3 Å². The van der Waals surface area contributed by atoms with Gasteiger partial charge in [0.15, 0.2) is 0 Å². The molecule has 1 aliphatic heterocycles. The summed E-state index contributed by atoms with van der Waals surface area (Å²) >= 11 is 0. The summed E-state index contributed by atoms with van der Waals surface area (Å²) in [5, 5.41) is 2.27. The average Bonchev–Trinajstić information content (AvgIpc) is 2.62. The second kappa shape index (κ2) is 6.99. The maximum atomic E-state index is 11.7. The van der Waals surface area contributed by atoms with Gasteiger partial charge < -0.3 is 9.28 Å². The van der Waals surface area contributed by atoms with Crippen LogP contribution in [0.2, 0.25) is 6.04 Å². The fourth-order valence-corrected chi connectivity index (χ4v) is 7.08. The molecule has 3 rings (SSSR count). The van der Waals surface area contributed by atoms with Crippen LogP contribution in [-0.2, 0) is 0 Å². The molecule has 0 aliphatic carbocycles. The van der Waals surface area contributed by atoms with Crippen molar-refractivity contribution in [3.63, 3.8) is 0 Å². The lowest BCUT2D eigenvalue weighted by Crippen LogP contribution is -2.61. The molecule has 0 saturated carbocycles. The molecule has 2 aromatic rings. The number of benzene rings is 2. The molecule has 0 bridgehead atoms. The van der Waals surface area contributed by atoms with Crippen molar-refractivity contribution in [3.8, 4) is 0 Å². The van der Waals surface area contributed by atoms with Crippen molar-refractivity contribution in [2.45, 2.75) is 25.3 Å². The summed E-state index contributed by atoms with van der Waals surface area (Å²) < 4.78 is 1.12. The number of hydrogen-bond acceptors (Lipinski definition) is 1. The van der Waals surface area contributed by atoms with Crippen LogP contribution in [0, 0.1) is 0 Å². The molecule has 1 N–H and O–H groups in total. The zero-order valence-electron chi connectivity index (χ0n) is 14.1. The fraction of sp³-hybridized carbons (Fsp3) is 0.400. The summed E-state index contributed by atoms with van der Waals surface area (Å²) in [6.07, 6.45) is 4.02. The summed E-state index contributed by atoms with van der Waals surface area (Å²) in [7, 11) is -0.283. The predicted molar refractivity (Wildman–Crippen MR) is 99.6 cm³/mol. The van der Waals surface area contributed by atoms with E-state index in [0.29, 0.717) is 0 Å². The Kier molecular flexibility index (Phi) is 5.00. The van der Waals surface area contributed by atoms with Gasteiger partial charge in [-0.2, -0.15) is 0 Å². The monoisotopic (exact) mass is 326 g/mol. The molecule has 3 heteroatoms. The Labute approximate surface area is 141 Å². The van der Waals surface area contributed by atoms with Crippen molar-refractivity contribution in [2.24, 2.45) is 0 Å². The van der Waals surface area contributed by atoms with Gasteiger partial charge in [-0.3, -0.25) is 0 Å². The van der Waals surface area contributed by atoms with E-state index in [2.05, 4.69) is 31.3 Å². The molecule has 0 aromatic heterocycles. The Morgan fingerprint density at radius 2 is 1.30 bits per heavy atom. The standard InChI is InChI=1S/C20H28NOSi/c1-21(15-9-4-10-16-21)17-18-23(22,19-11-5-2-6-12-19)20-13-7-3-8-14-20/h2-3,5-8,11-14,22H,4,9-10,15-18H2,1H3/q+1.